The summed E-state index contributed by atoms with van der Waals surface area (Å²) in [6, 6.07) is 13.0. The Morgan fingerprint density at radius 3 is 2.50 bits per heavy atom. The molecule has 0 atom stereocenters. The second kappa shape index (κ2) is 5.45. The van der Waals surface area contributed by atoms with E-state index in [1.165, 1.54) is 12.8 Å². The van der Waals surface area contributed by atoms with Gasteiger partial charge >= 0.3 is 0 Å². The maximum Gasteiger partial charge on any atom is 0.127 e. The van der Waals surface area contributed by atoms with Gasteiger partial charge in [0.1, 0.15) is 17.2 Å². The summed E-state index contributed by atoms with van der Waals surface area (Å²) in [4.78, 5) is 0. The minimum atomic E-state index is 0.0921. The van der Waals surface area contributed by atoms with Gasteiger partial charge in [0.15, 0.2) is 0 Å². The van der Waals surface area contributed by atoms with E-state index in [1.54, 1.807) is 24.3 Å². The van der Waals surface area contributed by atoms with Gasteiger partial charge in [-0.2, -0.15) is 0 Å². The topological polar surface area (TPSA) is 49.7 Å². The Morgan fingerprint density at radius 2 is 1.85 bits per heavy atom. The highest BCUT2D eigenvalue weighted by atomic mass is 16.5. The number of phenolic OH excluding ortho intramolecular Hbond substituents is 2. The van der Waals surface area contributed by atoms with Gasteiger partial charge in [-0.1, -0.05) is 6.07 Å². The molecule has 0 spiro atoms. The summed E-state index contributed by atoms with van der Waals surface area (Å²) >= 11 is 0. The lowest BCUT2D eigenvalue weighted by atomic mass is 10.0. The van der Waals surface area contributed by atoms with Gasteiger partial charge in [0.2, 0.25) is 0 Å². The van der Waals surface area contributed by atoms with Crippen LogP contribution in [0.5, 0.6) is 17.2 Å². The minimum absolute atomic E-state index is 0.0921. The monoisotopic (exact) mass is 269 g/mol. The molecule has 0 unspecified atom stereocenters. The van der Waals surface area contributed by atoms with Crippen LogP contribution in [0.25, 0.3) is 11.1 Å². The molecule has 103 valence electrons. The van der Waals surface area contributed by atoms with Crippen molar-refractivity contribution in [2.45, 2.75) is 31.8 Å². The molecule has 2 aromatic rings. The molecule has 0 heterocycles. The number of aromatic hydroxyl groups is 2. The Kier molecular flexibility index (Phi) is 3.50. The summed E-state index contributed by atoms with van der Waals surface area (Å²) < 4.78 is 5.86. The number of ether oxygens (including phenoxy) is 1. The molecular weight excluding hydrogens is 252 g/mol. The first-order valence-corrected chi connectivity index (χ1v) is 6.93. The SMILES string of the molecule is Oc1[c]cc(-c2ccc(OC3CCCC3)cc2O)cc1. The molecule has 3 rings (SSSR count). The average molecular weight is 269 g/mol. The zero-order chi connectivity index (χ0) is 13.9. The van der Waals surface area contributed by atoms with Gasteiger partial charge < -0.3 is 14.9 Å². The summed E-state index contributed by atoms with van der Waals surface area (Å²) in [7, 11) is 0. The Balaban J connectivity index is 1.81. The van der Waals surface area contributed by atoms with Crippen molar-refractivity contribution in [1.29, 1.82) is 0 Å². The molecule has 2 aromatic carbocycles. The molecule has 1 aliphatic carbocycles. The highest BCUT2D eigenvalue weighted by Crippen LogP contribution is 2.34. The molecule has 2 N–H and O–H groups in total. The quantitative estimate of drug-likeness (QED) is 0.888. The van der Waals surface area contributed by atoms with E-state index in [2.05, 4.69) is 6.07 Å². The lowest BCUT2D eigenvalue weighted by Gasteiger charge is -2.14. The predicted molar refractivity (Wildman–Crippen MR) is 76.9 cm³/mol. The van der Waals surface area contributed by atoms with Gasteiger partial charge in [0.25, 0.3) is 0 Å². The largest absolute Gasteiger partial charge is 0.507 e. The Bertz CT molecular complexity index is 584. The standard InChI is InChI=1S/C17H17O3/c18-13-7-5-12(6-8-13)16-10-9-15(11-17(16)19)20-14-3-1-2-4-14/h5-7,9-11,14,18-19H,1-4H2. The van der Waals surface area contributed by atoms with Gasteiger partial charge in [-0.25, -0.2) is 0 Å². The Hall–Kier alpha value is -2.16. The molecule has 3 heteroatoms. The Labute approximate surface area is 118 Å². The van der Waals surface area contributed by atoms with Gasteiger partial charge in [-0.15, -0.1) is 0 Å². The number of phenols is 2. The fourth-order valence-corrected chi connectivity index (χ4v) is 2.61. The molecule has 0 amide bonds. The van der Waals surface area contributed by atoms with Crippen LogP contribution < -0.4 is 4.74 Å². The van der Waals surface area contributed by atoms with Gasteiger partial charge in [-0.3, -0.25) is 0 Å². The summed E-state index contributed by atoms with van der Waals surface area (Å²) in [6.07, 6.45) is 4.91. The molecule has 0 aliphatic heterocycles. The fourth-order valence-electron chi connectivity index (χ4n) is 2.61. The predicted octanol–water partition coefficient (Wildman–Crippen LogP) is 3.89. The van der Waals surface area contributed by atoms with Crippen LogP contribution in [0, 0.1) is 6.07 Å². The van der Waals surface area contributed by atoms with Crippen molar-refractivity contribution in [2.75, 3.05) is 0 Å². The van der Waals surface area contributed by atoms with Crippen molar-refractivity contribution in [3.63, 3.8) is 0 Å². The zero-order valence-corrected chi connectivity index (χ0v) is 11.2. The van der Waals surface area contributed by atoms with E-state index in [0.717, 1.165) is 18.4 Å². The van der Waals surface area contributed by atoms with Gasteiger partial charge in [-0.05, 0) is 55.5 Å². The zero-order valence-electron chi connectivity index (χ0n) is 11.2. The van der Waals surface area contributed by atoms with Crippen LogP contribution in [0.2, 0.25) is 0 Å². The molecule has 0 bridgehead atoms. The van der Waals surface area contributed by atoms with E-state index in [9.17, 15) is 10.2 Å². The van der Waals surface area contributed by atoms with Crippen LogP contribution in [0.15, 0.2) is 36.4 Å². The first-order chi connectivity index (χ1) is 9.72. The molecule has 0 aromatic heterocycles. The molecule has 1 fully saturated rings. The van der Waals surface area contributed by atoms with Crippen LogP contribution in [0.1, 0.15) is 25.7 Å². The molecule has 1 aliphatic rings. The summed E-state index contributed by atoms with van der Waals surface area (Å²) in [5.74, 6) is 0.981. The molecular formula is C17H17O3. The summed E-state index contributed by atoms with van der Waals surface area (Å²) in [5.41, 5.74) is 1.52. The smallest absolute Gasteiger partial charge is 0.127 e. The van der Waals surface area contributed by atoms with Crippen molar-refractivity contribution < 1.29 is 14.9 Å². The van der Waals surface area contributed by atoms with Crippen LogP contribution in [-0.2, 0) is 0 Å². The maximum absolute atomic E-state index is 10.1. The highest BCUT2D eigenvalue weighted by Gasteiger charge is 2.17. The number of hydrogen-bond donors (Lipinski definition) is 2. The number of rotatable bonds is 3. The lowest BCUT2D eigenvalue weighted by molar-refractivity contribution is 0.209. The first-order valence-electron chi connectivity index (χ1n) is 6.93. The van der Waals surface area contributed by atoms with E-state index >= 15 is 0 Å². The van der Waals surface area contributed by atoms with Crippen molar-refractivity contribution in [1.82, 2.24) is 0 Å². The maximum atomic E-state index is 10.1. The third-order valence-corrected chi connectivity index (χ3v) is 3.68. The summed E-state index contributed by atoms with van der Waals surface area (Å²) in [5, 5.41) is 19.4. The molecule has 0 saturated heterocycles. The van der Waals surface area contributed by atoms with E-state index < -0.39 is 0 Å². The van der Waals surface area contributed by atoms with Crippen LogP contribution in [0.4, 0.5) is 0 Å². The second-order valence-corrected chi connectivity index (χ2v) is 5.17. The number of hydrogen-bond acceptors (Lipinski definition) is 3. The van der Waals surface area contributed by atoms with Crippen molar-refractivity contribution in [2.24, 2.45) is 0 Å². The van der Waals surface area contributed by atoms with Crippen LogP contribution >= 0.6 is 0 Å². The molecule has 1 saturated carbocycles. The minimum Gasteiger partial charge on any atom is -0.507 e. The molecule has 20 heavy (non-hydrogen) atoms. The average Bonchev–Trinajstić information content (AvgIpc) is 2.93. The van der Waals surface area contributed by atoms with E-state index in [-0.39, 0.29) is 17.6 Å². The lowest BCUT2D eigenvalue weighted by Crippen LogP contribution is -2.10. The van der Waals surface area contributed by atoms with E-state index in [0.29, 0.717) is 11.3 Å². The summed E-state index contributed by atoms with van der Waals surface area (Å²) in [6.45, 7) is 0. The fraction of sp³-hybridized carbons (Fsp3) is 0.294. The second-order valence-electron chi connectivity index (χ2n) is 5.17. The first kappa shape index (κ1) is 12.9. The Morgan fingerprint density at radius 1 is 1.05 bits per heavy atom. The number of benzene rings is 2. The van der Waals surface area contributed by atoms with E-state index in [1.807, 2.05) is 12.1 Å². The van der Waals surface area contributed by atoms with Crippen LogP contribution in [0.3, 0.4) is 0 Å². The van der Waals surface area contributed by atoms with E-state index in [4.69, 9.17) is 4.74 Å². The normalized spacial score (nSPS) is 15.4. The molecule has 3 nitrogen and oxygen atoms in total. The van der Waals surface area contributed by atoms with Crippen molar-refractivity contribution in [3.8, 4) is 28.4 Å². The third-order valence-electron chi connectivity index (χ3n) is 3.68. The van der Waals surface area contributed by atoms with Gasteiger partial charge in [0.05, 0.1) is 6.10 Å². The third kappa shape index (κ3) is 2.72. The van der Waals surface area contributed by atoms with Crippen LogP contribution in [-0.4, -0.2) is 16.3 Å². The van der Waals surface area contributed by atoms with Crippen molar-refractivity contribution >= 4 is 0 Å². The highest BCUT2D eigenvalue weighted by molar-refractivity contribution is 5.71. The van der Waals surface area contributed by atoms with Gasteiger partial charge in [0, 0.05) is 17.7 Å². The molecule has 1 radical (unpaired) electrons. The van der Waals surface area contributed by atoms with Crippen molar-refractivity contribution in [3.05, 3.63) is 42.5 Å².